The molecule has 0 unspecified atom stereocenters. The number of amides is 1. The SMILES string of the molecule is CCCCc1ccc(N2CCCc3cc(/C=C4\C(=O)N(c5ccccc5)N=C4C(=O)O)ccc32)cc1. The number of anilines is 3. The number of aryl methyl sites for hydroxylation is 2. The molecule has 0 bridgehead atoms. The maximum Gasteiger partial charge on any atom is 0.357 e. The number of hydrogen-bond donors (Lipinski definition) is 1. The summed E-state index contributed by atoms with van der Waals surface area (Å²) in [7, 11) is 0. The zero-order chi connectivity index (χ0) is 25.1. The monoisotopic (exact) mass is 479 g/mol. The average molecular weight is 480 g/mol. The molecule has 182 valence electrons. The van der Waals surface area contributed by atoms with Crippen LogP contribution in [0.2, 0.25) is 0 Å². The molecule has 6 heteroatoms. The standard InChI is InChI=1S/C30H29N3O3/c1-2-3-8-21-12-15-24(16-13-21)32-18-7-9-23-19-22(14-17-27(23)32)20-26-28(30(35)36)31-33(29(26)34)25-10-5-4-6-11-25/h4-6,10-17,19-20H,2-3,7-9,18H2,1H3,(H,35,36)/b26-20-. The minimum atomic E-state index is -1.22. The van der Waals surface area contributed by atoms with E-state index in [4.69, 9.17) is 0 Å². The molecule has 0 atom stereocenters. The van der Waals surface area contributed by atoms with Crippen molar-refractivity contribution >= 4 is 40.7 Å². The molecule has 36 heavy (non-hydrogen) atoms. The smallest absolute Gasteiger partial charge is 0.357 e. The normalized spacial score (nSPS) is 16.3. The highest BCUT2D eigenvalue weighted by Crippen LogP contribution is 2.35. The first-order valence-corrected chi connectivity index (χ1v) is 12.5. The van der Waals surface area contributed by atoms with Crippen molar-refractivity contribution < 1.29 is 14.7 Å². The van der Waals surface area contributed by atoms with Crippen LogP contribution >= 0.6 is 0 Å². The van der Waals surface area contributed by atoms with Gasteiger partial charge in [0.2, 0.25) is 0 Å². The van der Waals surface area contributed by atoms with Gasteiger partial charge in [0.05, 0.1) is 11.3 Å². The first-order chi connectivity index (χ1) is 17.5. The highest BCUT2D eigenvalue weighted by atomic mass is 16.4. The maximum atomic E-state index is 13.1. The van der Waals surface area contributed by atoms with E-state index in [0.29, 0.717) is 5.69 Å². The number of fused-ring (bicyclic) bond motifs is 1. The summed E-state index contributed by atoms with van der Waals surface area (Å²) >= 11 is 0. The number of para-hydroxylation sites is 1. The molecule has 1 N–H and O–H groups in total. The quantitative estimate of drug-likeness (QED) is 0.423. The number of carboxylic acid groups (broad SMARTS) is 1. The highest BCUT2D eigenvalue weighted by molar-refractivity contribution is 6.53. The third-order valence-corrected chi connectivity index (χ3v) is 6.68. The molecule has 2 aliphatic rings. The molecule has 6 nitrogen and oxygen atoms in total. The summed E-state index contributed by atoms with van der Waals surface area (Å²) in [4.78, 5) is 27.3. The van der Waals surface area contributed by atoms with Gasteiger partial charge in [-0.25, -0.2) is 4.79 Å². The van der Waals surface area contributed by atoms with E-state index in [1.165, 1.54) is 29.7 Å². The predicted octanol–water partition coefficient (Wildman–Crippen LogP) is 5.98. The number of hydrogen-bond acceptors (Lipinski definition) is 4. The van der Waals surface area contributed by atoms with Gasteiger partial charge in [-0.3, -0.25) is 4.79 Å². The average Bonchev–Trinajstić information content (AvgIpc) is 3.24. The first-order valence-electron chi connectivity index (χ1n) is 12.5. The zero-order valence-electron chi connectivity index (χ0n) is 20.4. The Balaban J connectivity index is 1.43. The van der Waals surface area contributed by atoms with Crippen LogP contribution in [0.4, 0.5) is 17.1 Å². The molecule has 0 fully saturated rings. The number of unbranched alkanes of at least 4 members (excludes halogenated alkanes) is 1. The van der Waals surface area contributed by atoms with Crippen molar-refractivity contribution in [2.75, 3.05) is 16.5 Å². The van der Waals surface area contributed by atoms with E-state index in [0.717, 1.165) is 42.1 Å². The van der Waals surface area contributed by atoms with Gasteiger partial charge in [-0.15, -0.1) is 0 Å². The fourth-order valence-corrected chi connectivity index (χ4v) is 4.81. The highest BCUT2D eigenvalue weighted by Gasteiger charge is 2.35. The van der Waals surface area contributed by atoms with Crippen molar-refractivity contribution in [3.63, 3.8) is 0 Å². The van der Waals surface area contributed by atoms with E-state index in [1.807, 2.05) is 12.1 Å². The minimum absolute atomic E-state index is 0.0848. The minimum Gasteiger partial charge on any atom is -0.476 e. The van der Waals surface area contributed by atoms with Gasteiger partial charge < -0.3 is 10.0 Å². The van der Waals surface area contributed by atoms with E-state index in [1.54, 1.807) is 30.3 Å². The number of carbonyl (C=O) groups is 2. The summed E-state index contributed by atoms with van der Waals surface area (Å²) in [6, 6.07) is 23.8. The number of aliphatic carboxylic acids is 1. The van der Waals surface area contributed by atoms with Crippen LogP contribution in [0.25, 0.3) is 6.08 Å². The lowest BCUT2D eigenvalue weighted by atomic mass is 9.97. The van der Waals surface area contributed by atoms with E-state index in [2.05, 4.69) is 53.3 Å². The maximum absolute atomic E-state index is 13.1. The molecule has 0 spiro atoms. The van der Waals surface area contributed by atoms with Crippen LogP contribution in [0.1, 0.15) is 42.9 Å². The van der Waals surface area contributed by atoms with Gasteiger partial charge in [0.1, 0.15) is 0 Å². The van der Waals surface area contributed by atoms with Gasteiger partial charge in [-0.1, -0.05) is 49.7 Å². The van der Waals surface area contributed by atoms with Crippen LogP contribution < -0.4 is 9.91 Å². The second-order valence-electron chi connectivity index (χ2n) is 9.18. The van der Waals surface area contributed by atoms with Gasteiger partial charge in [0.15, 0.2) is 5.71 Å². The van der Waals surface area contributed by atoms with E-state index >= 15 is 0 Å². The lowest BCUT2D eigenvalue weighted by Gasteiger charge is -2.31. The lowest BCUT2D eigenvalue weighted by molar-refractivity contribution is -0.129. The molecule has 1 amide bonds. The molecule has 3 aromatic rings. The van der Waals surface area contributed by atoms with Crippen molar-refractivity contribution in [1.82, 2.24) is 0 Å². The summed E-state index contributed by atoms with van der Waals surface area (Å²) in [6.45, 7) is 3.16. The summed E-state index contributed by atoms with van der Waals surface area (Å²) in [5.74, 6) is -1.67. The van der Waals surface area contributed by atoms with Gasteiger partial charge in [-0.05, 0) is 84.8 Å². The Morgan fingerprint density at radius 2 is 1.81 bits per heavy atom. The number of carbonyl (C=O) groups excluding carboxylic acids is 1. The van der Waals surface area contributed by atoms with E-state index in [-0.39, 0.29) is 11.3 Å². The molecule has 0 saturated heterocycles. The Bertz CT molecular complexity index is 1340. The third-order valence-electron chi connectivity index (χ3n) is 6.68. The topological polar surface area (TPSA) is 73.2 Å². The molecule has 5 rings (SSSR count). The Morgan fingerprint density at radius 3 is 2.53 bits per heavy atom. The molecule has 0 radical (unpaired) electrons. The van der Waals surface area contributed by atoms with Gasteiger partial charge >= 0.3 is 5.97 Å². The summed E-state index contributed by atoms with van der Waals surface area (Å²) < 4.78 is 0. The van der Waals surface area contributed by atoms with Crippen molar-refractivity contribution in [1.29, 1.82) is 0 Å². The van der Waals surface area contributed by atoms with Crippen molar-refractivity contribution in [3.8, 4) is 0 Å². The van der Waals surface area contributed by atoms with Gasteiger partial charge in [-0.2, -0.15) is 10.1 Å². The Labute approximate surface area is 211 Å². The van der Waals surface area contributed by atoms with Crippen LogP contribution in [0.5, 0.6) is 0 Å². The lowest BCUT2D eigenvalue weighted by Crippen LogP contribution is -2.24. The second kappa shape index (κ2) is 10.2. The van der Waals surface area contributed by atoms with Crippen molar-refractivity contribution in [2.24, 2.45) is 5.10 Å². The van der Waals surface area contributed by atoms with Crippen LogP contribution in [-0.2, 0) is 22.4 Å². The largest absolute Gasteiger partial charge is 0.476 e. The summed E-state index contributed by atoms with van der Waals surface area (Å²) in [6.07, 6.45) is 7.08. The third kappa shape index (κ3) is 4.67. The van der Waals surface area contributed by atoms with E-state index in [9.17, 15) is 14.7 Å². The molecule has 0 aromatic heterocycles. The van der Waals surface area contributed by atoms with Gasteiger partial charge in [0.25, 0.3) is 5.91 Å². The van der Waals surface area contributed by atoms with Crippen LogP contribution in [0.15, 0.2) is 83.5 Å². The van der Waals surface area contributed by atoms with Crippen LogP contribution in [-0.4, -0.2) is 29.2 Å². The van der Waals surface area contributed by atoms with Crippen molar-refractivity contribution in [2.45, 2.75) is 39.0 Å². The van der Waals surface area contributed by atoms with Crippen LogP contribution in [0, 0.1) is 0 Å². The molecule has 0 aliphatic carbocycles. The van der Waals surface area contributed by atoms with Crippen molar-refractivity contribution in [3.05, 3.63) is 95.1 Å². The first kappa shape index (κ1) is 23.5. The second-order valence-corrected chi connectivity index (χ2v) is 9.18. The Morgan fingerprint density at radius 1 is 1.03 bits per heavy atom. The number of nitrogens with zero attached hydrogens (tertiary/aromatic N) is 3. The number of carboxylic acids is 1. The number of rotatable bonds is 7. The Kier molecular flexibility index (Phi) is 6.67. The molecule has 3 aromatic carbocycles. The zero-order valence-corrected chi connectivity index (χ0v) is 20.4. The summed E-state index contributed by atoms with van der Waals surface area (Å²) in [5.41, 5.74) is 6.04. The van der Waals surface area contributed by atoms with E-state index < -0.39 is 11.9 Å². The molecular formula is C30H29N3O3. The summed E-state index contributed by atoms with van der Waals surface area (Å²) in [5, 5.41) is 15.0. The molecule has 2 aliphatic heterocycles. The number of benzene rings is 3. The fourth-order valence-electron chi connectivity index (χ4n) is 4.81. The van der Waals surface area contributed by atoms with Gasteiger partial charge in [0, 0.05) is 17.9 Å². The fraction of sp³-hybridized carbons (Fsp3) is 0.233. The molecule has 2 heterocycles. The molecule has 0 saturated carbocycles. The number of hydrazone groups is 1. The molecular weight excluding hydrogens is 450 g/mol. The van der Waals surface area contributed by atoms with Crippen LogP contribution in [0.3, 0.4) is 0 Å². The predicted molar refractivity (Wildman–Crippen MR) is 144 cm³/mol. The Hall–Kier alpha value is -4.19.